The van der Waals surface area contributed by atoms with Crippen molar-refractivity contribution in [2.24, 2.45) is 5.92 Å². The molecular formula is C20H22N2O4S. The number of ether oxygens (including phenoxy) is 2. The molecule has 1 heterocycles. The van der Waals surface area contributed by atoms with Gasteiger partial charge in [-0.25, -0.2) is 13.1 Å². The number of benzene rings is 2. The van der Waals surface area contributed by atoms with Crippen LogP contribution in [0.15, 0.2) is 47.4 Å². The van der Waals surface area contributed by atoms with E-state index in [9.17, 15) is 8.42 Å². The lowest BCUT2D eigenvalue weighted by molar-refractivity contribution is 0.297. The Hall–Kier alpha value is -2.56. The molecule has 1 aliphatic rings. The second-order valence-electron chi connectivity index (χ2n) is 6.74. The molecule has 0 radical (unpaired) electrons. The first-order valence-electron chi connectivity index (χ1n) is 8.83. The number of nitrogens with zero attached hydrogens (tertiary/aromatic N) is 1. The minimum Gasteiger partial charge on any atom is -0.490 e. The topological polar surface area (TPSA) is 88.4 Å². The fourth-order valence-corrected chi connectivity index (χ4v) is 4.28. The highest BCUT2D eigenvalue weighted by atomic mass is 32.2. The SMILES string of the molecule is CC(C)C(NS(=O)(=O)c1ccc(C#N)cc1)c1ccc2c(c1)OCCCO2. The lowest BCUT2D eigenvalue weighted by atomic mass is 9.97. The number of hydrogen-bond acceptors (Lipinski definition) is 5. The van der Waals surface area contributed by atoms with Crippen molar-refractivity contribution >= 4 is 10.0 Å². The molecule has 6 nitrogen and oxygen atoms in total. The molecule has 142 valence electrons. The third-order valence-electron chi connectivity index (χ3n) is 4.37. The molecule has 0 bridgehead atoms. The largest absolute Gasteiger partial charge is 0.490 e. The number of sulfonamides is 1. The van der Waals surface area contributed by atoms with Gasteiger partial charge in [0, 0.05) is 12.5 Å². The van der Waals surface area contributed by atoms with E-state index in [0.29, 0.717) is 30.3 Å². The third kappa shape index (κ3) is 4.41. The Kier molecular flexibility index (Phi) is 5.68. The Balaban J connectivity index is 1.89. The van der Waals surface area contributed by atoms with Crippen LogP contribution < -0.4 is 14.2 Å². The molecule has 27 heavy (non-hydrogen) atoms. The van der Waals surface area contributed by atoms with Crippen molar-refractivity contribution < 1.29 is 17.9 Å². The molecule has 0 fully saturated rings. The van der Waals surface area contributed by atoms with Crippen molar-refractivity contribution in [1.82, 2.24) is 4.72 Å². The highest BCUT2D eigenvalue weighted by molar-refractivity contribution is 7.89. The molecular weight excluding hydrogens is 364 g/mol. The van der Waals surface area contributed by atoms with Crippen LogP contribution in [0.3, 0.4) is 0 Å². The van der Waals surface area contributed by atoms with Gasteiger partial charge in [0.2, 0.25) is 10.0 Å². The lowest BCUT2D eigenvalue weighted by Gasteiger charge is -2.23. The van der Waals surface area contributed by atoms with Crippen molar-refractivity contribution in [2.45, 2.75) is 31.2 Å². The first kappa shape index (κ1) is 19.2. The fraction of sp³-hybridized carbons (Fsp3) is 0.350. The van der Waals surface area contributed by atoms with Gasteiger partial charge < -0.3 is 9.47 Å². The Morgan fingerprint density at radius 3 is 2.33 bits per heavy atom. The molecule has 0 aromatic heterocycles. The Labute approximate surface area is 159 Å². The third-order valence-corrected chi connectivity index (χ3v) is 5.83. The van der Waals surface area contributed by atoms with Crippen LogP contribution in [0.2, 0.25) is 0 Å². The number of fused-ring (bicyclic) bond motifs is 1. The van der Waals surface area contributed by atoms with Gasteiger partial charge in [-0.2, -0.15) is 5.26 Å². The predicted octanol–water partition coefficient (Wildman–Crippen LogP) is 3.40. The smallest absolute Gasteiger partial charge is 0.241 e. The summed E-state index contributed by atoms with van der Waals surface area (Å²) in [4.78, 5) is 0.126. The Morgan fingerprint density at radius 1 is 1.04 bits per heavy atom. The summed E-state index contributed by atoms with van der Waals surface area (Å²) >= 11 is 0. The van der Waals surface area contributed by atoms with Gasteiger partial charge in [0.25, 0.3) is 0 Å². The molecule has 1 aliphatic heterocycles. The number of hydrogen-bond donors (Lipinski definition) is 1. The molecule has 0 saturated carbocycles. The van der Waals surface area contributed by atoms with E-state index in [4.69, 9.17) is 14.7 Å². The average molecular weight is 386 g/mol. The Bertz CT molecular complexity index is 947. The first-order chi connectivity index (χ1) is 12.9. The van der Waals surface area contributed by atoms with E-state index in [-0.39, 0.29) is 10.8 Å². The minimum absolute atomic E-state index is 0.0166. The van der Waals surface area contributed by atoms with E-state index in [2.05, 4.69) is 4.72 Å². The van der Waals surface area contributed by atoms with Crippen LogP contribution in [0, 0.1) is 17.2 Å². The van der Waals surface area contributed by atoms with Gasteiger partial charge in [0.15, 0.2) is 11.5 Å². The number of nitrogens with one attached hydrogen (secondary N) is 1. The summed E-state index contributed by atoms with van der Waals surface area (Å²) < 4.78 is 39.8. The Morgan fingerprint density at radius 2 is 1.70 bits per heavy atom. The van der Waals surface area contributed by atoms with E-state index >= 15 is 0 Å². The lowest BCUT2D eigenvalue weighted by Crippen LogP contribution is -2.31. The number of nitriles is 1. The predicted molar refractivity (Wildman–Crippen MR) is 101 cm³/mol. The summed E-state index contributed by atoms with van der Waals surface area (Å²) in [6, 6.07) is 12.9. The fourth-order valence-electron chi connectivity index (χ4n) is 2.91. The second kappa shape index (κ2) is 7.99. The van der Waals surface area contributed by atoms with Crippen LogP contribution in [0.1, 0.15) is 37.4 Å². The van der Waals surface area contributed by atoms with Crippen molar-refractivity contribution in [3.8, 4) is 17.6 Å². The second-order valence-corrected chi connectivity index (χ2v) is 8.45. The first-order valence-corrected chi connectivity index (χ1v) is 10.3. The highest BCUT2D eigenvalue weighted by Crippen LogP contribution is 2.34. The van der Waals surface area contributed by atoms with Gasteiger partial charge in [-0.1, -0.05) is 19.9 Å². The molecule has 2 aromatic carbocycles. The van der Waals surface area contributed by atoms with Crippen LogP contribution in [0.5, 0.6) is 11.5 Å². The van der Waals surface area contributed by atoms with Crippen LogP contribution in [0.25, 0.3) is 0 Å². The van der Waals surface area contributed by atoms with Gasteiger partial charge >= 0.3 is 0 Å². The van der Waals surface area contributed by atoms with Crippen molar-refractivity contribution in [3.05, 3.63) is 53.6 Å². The summed E-state index contributed by atoms with van der Waals surface area (Å²) in [6.07, 6.45) is 0.808. The van der Waals surface area contributed by atoms with Crippen LogP contribution in [0.4, 0.5) is 0 Å². The van der Waals surface area contributed by atoms with Gasteiger partial charge in [0.1, 0.15) is 0 Å². The maximum absolute atomic E-state index is 12.8. The minimum atomic E-state index is -3.74. The highest BCUT2D eigenvalue weighted by Gasteiger charge is 2.25. The molecule has 0 spiro atoms. The zero-order chi connectivity index (χ0) is 19.4. The molecule has 1 atom stereocenters. The summed E-state index contributed by atoms with van der Waals surface area (Å²) in [6.45, 7) is 5.08. The van der Waals surface area contributed by atoms with Gasteiger partial charge in [-0.15, -0.1) is 0 Å². The molecule has 0 aliphatic carbocycles. The van der Waals surface area contributed by atoms with E-state index < -0.39 is 16.1 Å². The van der Waals surface area contributed by atoms with Crippen LogP contribution >= 0.6 is 0 Å². The standard InChI is InChI=1S/C20H22N2O4S/c1-14(2)20(16-6-9-18-19(12-16)26-11-3-10-25-18)22-27(23,24)17-7-4-15(13-21)5-8-17/h4-9,12,14,20,22H,3,10-11H2,1-2H3. The van der Waals surface area contributed by atoms with Gasteiger partial charge in [0.05, 0.1) is 29.7 Å². The normalized spacial score (nSPS) is 15.0. The zero-order valence-electron chi connectivity index (χ0n) is 15.3. The average Bonchev–Trinajstić information content (AvgIpc) is 2.90. The van der Waals surface area contributed by atoms with Crippen molar-refractivity contribution in [3.63, 3.8) is 0 Å². The van der Waals surface area contributed by atoms with Crippen molar-refractivity contribution in [1.29, 1.82) is 5.26 Å². The molecule has 0 amide bonds. The van der Waals surface area contributed by atoms with E-state index in [1.165, 1.54) is 24.3 Å². The van der Waals surface area contributed by atoms with Crippen LogP contribution in [-0.2, 0) is 10.0 Å². The molecule has 1 unspecified atom stereocenters. The monoisotopic (exact) mass is 386 g/mol. The van der Waals surface area contributed by atoms with E-state index in [0.717, 1.165) is 12.0 Å². The molecule has 1 N–H and O–H groups in total. The van der Waals surface area contributed by atoms with Crippen LogP contribution in [-0.4, -0.2) is 21.6 Å². The van der Waals surface area contributed by atoms with E-state index in [1.54, 1.807) is 0 Å². The summed E-state index contributed by atoms with van der Waals surface area (Å²) in [5.74, 6) is 1.32. The maximum Gasteiger partial charge on any atom is 0.241 e. The van der Waals surface area contributed by atoms with Crippen molar-refractivity contribution in [2.75, 3.05) is 13.2 Å². The van der Waals surface area contributed by atoms with Gasteiger partial charge in [-0.3, -0.25) is 0 Å². The van der Waals surface area contributed by atoms with E-state index in [1.807, 2.05) is 38.1 Å². The summed E-state index contributed by atoms with van der Waals surface area (Å²) in [5, 5.41) is 8.88. The summed E-state index contributed by atoms with van der Waals surface area (Å²) in [5.41, 5.74) is 1.23. The summed E-state index contributed by atoms with van der Waals surface area (Å²) in [7, 11) is -3.74. The zero-order valence-corrected chi connectivity index (χ0v) is 16.1. The molecule has 3 rings (SSSR count). The quantitative estimate of drug-likeness (QED) is 0.851. The number of rotatable bonds is 5. The molecule has 0 saturated heterocycles. The molecule has 2 aromatic rings. The molecule has 7 heteroatoms. The maximum atomic E-state index is 12.8. The van der Waals surface area contributed by atoms with Gasteiger partial charge in [-0.05, 0) is 47.9 Å².